The Kier molecular flexibility index (Phi) is 3.56. The summed E-state index contributed by atoms with van der Waals surface area (Å²) in [6.45, 7) is 8.22. The van der Waals surface area contributed by atoms with Gasteiger partial charge in [-0.1, -0.05) is 20.8 Å². The quantitative estimate of drug-likeness (QED) is 0.781. The molecule has 2 rings (SSSR count). The minimum atomic E-state index is -2.94. The van der Waals surface area contributed by atoms with Crippen molar-refractivity contribution < 1.29 is 8.42 Å². The van der Waals surface area contributed by atoms with Gasteiger partial charge in [-0.05, 0) is 43.4 Å². The van der Waals surface area contributed by atoms with Crippen molar-refractivity contribution in [1.82, 2.24) is 4.31 Å². The lowest BCUT2D eigenvalue weighted by Gasteiger charge is -2.35. The molecule has 0 amide bonds. The van der Waals surface area contributed by atoms with Gasteiger partial charge in [-0.3, -0.25) is 0 Å². The van der Waals surface area contributed by atoms with Crippen molar-refractivity contribution in [2.45, 2.75) is 58.1 Å². The summed E-state index contributed by atoms with van der Waals surface area (Å²) >= 11 is 0. The summed E-state index contributed by atoms with van der Waals surface area (Å²) in [5.41, 5.74) is 0.303. The first kappa shape index (κ1) is 13.3. The average Bonchev–Trinajstić information content (AvgIpc) is 2.98. The molecule has 1 unspecified atom stereocenters. The number of nitrogens with zero attached hydrogens (tertiary/aromatic N) is 1. The van der Waals surface area contributed by atoms with E-state index >= 15 is 0 Å². The van der Waals surface area contributed by atoms with E-state index in [-0.39, 0.29) is 5.25 Å². The first-order chi connectivity index (χ1) is 7.79. The minimum Gasteiger partial charge on any atom is -0.212 e. The second-order valence-corrected chi connectivity index (χ2v) is 9.09. The van der Waals surface area contributed by atoms with Crippen molar-refractivity contribution in [1.29, 1.82) is 0 Å². The lowest BCUT2D eigenvalue weighted by atomic mass is 9.81. The average molecular weight is 259 g/mol. The van der Waals surface area contributed by atoms with E-state index in [1.54, 1.807) is 4.31 Å². The molecule has 1 atom stereocenters. The predicted octanol–water partition coefficient (Wildman–Crippen LogP) is 2.63. The summed E-state index contributed by atoms with van der Waals surface area (Å²) in [5.74, 6) is 0.553. The topological polar surface area (TPSA) is 37.4 Å². The Morgan fingerprint density at radius 1 is 1.18 bits per heavy atom. The molecular formula is C13H25NO2S. The smallest absolute Gasteiger partial charge is 0.212 e. The van der Waals surface area contributed by atoms with Gasteiger partial charge in [0.15, 0.2) is 0 Å². The Labute approximate surface area is 106 Å². The van der Waals surface area contributed by atoms with Crippen LogP contribution >= 0.6 is 0 Å². The molecule has 0 N–H and O–H groups in total. The van der Waals surface area contributed by atoms with Gasteiger partial charge in [0.1, 0.15) is 0 Å². The van der Waals surface area contributed by atoms with Crippen LogP contribution in [0.2, 0.25) is 0 Å². The van der Waals surface area contributed by atoms with E-state index < -0.39 is 10.0 Å². The molecule has 0 aromatic rings. The third kappa shape index (κ3) is 3.44. The number of hydrogen-bond donors (Lipinski definition) is 0. The molecule has 2 aliphatic rings. The van der Waals surface area contributed by atoms with Crippen LogP contribution in [0.1, 0.15) is 52.9 Å². The maximum absolute atomic E-state index is 12.2. The SMILES string of the molecule is CC(C)(C)CC1CCCN(S(=O)(=O)C2CC2)C1. The van der Waals surface area contributed by atoms with Gasteiger partial charge >= 0.3 is 0 Å². The molecule has 0 bridgehead atoms. The molecule has 1 heterocycles. The van der Waals surface area contributed by atoms with Crippen LogP contribution < -0.4 is 0 Å². The predicted molar refractivity (Wildman–Crippen MR) is 70.3 cm³/mol. The lowest BCUT2D eigenvalue weighted by Crippen LogP contribution is -2.42. The molecule has 0 aromatic carbocycles. The number of hydrogen-bond acceptors (Lipinski definition) is 2. The van der Waals surface area contributed by atoms with Gasteiger partial charge in [0.25, 0.3) is 0 Å². The van der Waals surface area contributed by atoms with E-state index in [1.165, 1.54) is 6.42 Å². The van der Waals surface area contributed by atoms with E-state index in [2.05, 4.69) is 20.8 Å². The zero-order valence-electron chi connectivity index (χ0n) is 11.3. The highest BCUT2D eigenvalue weighted by Crippen LogP contribution is 2.35. The molecule has 100 valence electrons. The van der Waals surface area contributed by atoms with Crippen LogP contribution in [0.15, 0.2) is 0 Å². The van der Waals surface area contributed by atoms with Gasteiger partial charge in [-0.2, -0.15) is 0 Å². The van der Waals surface area contributed by atoms with Crippen LogP contribution in [-0.4, -0.2) is 31.1 Å². The Balaban J connectivity index is 1.97. The van der Waals surface area contributed by atoms with Gasteiger partial charge in [0.05, 0.1) is 5.25 Å². The largest absolute Gasteiger partial charge is 0.216 e. The van der Waals surface area contributed by atoms with Crippen LogP contribution in [0.4, 0.5) is 0 Å². The van der Waals surface area contributed by atoms with Gasteiger partial charge in [-0.25, -0.2) is 12.7 Å². The maximum Gasteiger partial charge on any atom is 0.216 e. The molecule has 17 heavy (non-hydrogen) atoms. The zero-order valence-corrected chi connectivity index (χ0v) is 12.1. The molecule has 1 aliphatic carbocycles. The van der Waals surface area contributed by atoms with Crippen molar-refractivity contribution in [3.8, 4) is 0 Å². The molecule has 1 saturated carbocycles. The zero-order chi connectivity index (χ0) is 12.7. The molecule has 1 saturated heterocycles. The van der Waals surface area contributed by atoms with E-state index in [0.717, 1.165) is 38.8 Å². The third-order valence-corrected chi connectivity index (χ3v) is 6.05. The second kappa shape index (κ2) is 4.54. The number of rotatable bonds is 3. The first-order valence-corrected chi connectivity index (χ1v) is 8.28. The molecule has 0 radical (unpaired) electrons. The molecule has 0 spiro atoms. The van der Waals surface area contributed by atoms with Crippen LogP contribution in [0, 0.1) is 11.3 Å². The first-order valence-electron chi connectivity index (χ1n) is 6.78. The molecule has 4 heteroatoms. The summed E-state index contributed by atoms with van der Waals surface area (Å²) in [6, 6.07) is 0. The highest BCUT2D eigenvalue weighted by Gasteiger charge is 2.41. The fourth-order valence-electron chi connectivity index (χ4n) is 2.87. The molecule has 2 fully saturated rings. The van der Waals surface area contributed by atoms with Crippen LogP contribution in [0.25, 0.3) is 0 Å². The van der Waals surface area contributed by atoms with Crippen LogP contribution in [-0.2, 0) is 10.0 Å². The Bertz CT molecular complexity index is 365. The van der Waals surface area contributed by atoms with Crippen LogP contribution in [0.3, 0.4) is 0 Å². The lowest BCUT2D eigenvalue weighted by molar-refractivity contribution is 0.201. The standard InChI is InChI=1S/C13H25NO2S/c1-13(2,3)9-11-5-4-8-14(10-11)17(15,16)12-6-7-12/h11-12H,4-10H2,1-3H3. The minimum absolute atomic E-state index is 0.0455. The van der Waals surface area contributed by atoms with E-state index in [0.29, 0.717) is 11.3 Å². The van der Waals surface area contributed by atoms with Crippen molar-refractivity contribution in [2.24, 2.45) is 11.3 Å². The molecule has 0 aromatic heterocycles. The normalized spacial score (nSPS) is 28.3. The monoisotopic (exact) mass is 259 g/mol. The summed E-state index contributed by atoms with van der Waals surface area (Å²) in [7, 11) is -2.94. The molecule has 3 nitrogen and oxygen atoms in total. The van der Waals surface area contributed by atoms with Crippen LogP contribution in [0.5, 0.6) is 0 Å². The third-order valence-electron chi connectivity index (χ3n) is 3.69. The van der Waals surface area contributed by atoms with Crippen molar-refractivity contribution in [3.05, 3.63) is 0 Å². The highest BCUT2D eigenvalue weighted by atomic mass is 32.2. The van der Waals surface area contributed by atoms with Gasteiger partial charge in [0.2, 0.25) is 10.0 Å². The maximum atomic E-state index is 12.2. The van der Waals surface area contributed by atoms with Gasteiger partial charge < -0.3 is 0 Å². The van der Waals surface area contributed by atoms with E-state index in [4.69, 9.17) is 0 Å². The summed E-state index contributed by atoms with van der Waals surface area (Å²) in [6.07, 6.45) is 5.11. The van der Waals surface area contributed by atoms with Crippen molar-refractivity contribution in [2.75, 3.05) is 13.1 Å². The summed E-state index contributed by atoms with van der Waals surface area (Å²) in [4.78, 5) is 0. The Morgan fingerprint density at radius 3 is 2.35 bits per heavy atom. The number of piperidine rings is 1. The fourth-order valence-corrected chi connectivity index (χ4v) is 4.82. The summed E-state index contributed by atoms with van der Waals surface area (Å²) < 4.78 is 26.1. The van der Waals surface area contributed by atoms with E-state index in [1.807, 2.05) is 0 Å². The Morgan fingerprint density at radius 2 is 1.82 bits per heavy atom. The molecular weight excluding hydrogens is 234 g/mol. The molecule has 1 aliphatic heterocycles. The highest BCUT2D eigenvalue weighted by molar-refractivity contribution is 7.90. The van der Waals surface area contributed by atoms with Crippen molar-refractivity contribution in [3.63, 3.8) is 0 Å². The second-order valence-electron chi connectivity index (χ2n) is 6.88. The fraction of sp³-hybridized carbons (Fsp3) is 1.00. The van der Waals surface area contributed by atoms with Gasteiger partial charge in [-0.15, -0.1) is 0 Å². The Hall–Kier alpha value is -0.0900. The van der Waals surface area contributed by atoms with Gasteiger partial charge in [0, 0.05) is 13.1 Å². The number of sulfonamides is 1. The van der Waals surface area contributed by atoms with Crippen molar-refractivity contribution >= 4 is 10.0 Å². The van der Waals surface area contributed by atoms with E-state index in [9.17, 15) is 8.42 Å². The summed E-state index contributed by atoms with van der Waals surface area (Å²) in [5, 5.41) is -0.0455.